The van der Waals surface area contributed by atoms with Gasteiger partial charge < -0.3 is 4.57 Å². The summed E-state index contributed by atoms with van der Waals surface area (Å²) in [5.41, 5.74) is 2.56. The number of hydrogen-bond donors (Lipinski definition) is 1. The number of barbiturate groups is 1. The Morgan fingerprint density at radius 3 is 2.54 bits per heavy atom. The first kappa shape index (κ1) is 21.8. The third-order valence-corrected chi connectivity index (χ3v) is 5.77. The smallest absolute Gasteiger partial charge is 0.335 e. The van der Waals surface area contributed by atoms with Gasteiger partial charge in [-0.05, 0) is 42.0 Å². The van der Waals surface area contributed by atoms with E-state index in [1.54, 1.807) is 18.3 Å². The standard InChI is InChI=1S/C27H17FN4O3/c28-20-8-5-9-21(13-20)32-26(34)23(25(33)30-27(32)35)12-19-16-31(24-11-4-3-10-22(19)24)15-18-7-2-1-6-17(18)14-29/h1-13,16H,15H2,(H,30,33,35)/b23-12+. The lowest BCUT2D eigenvalue weighted by atomic mass is 10.1. The van der Waals surface area contributed by atoms with Crippen LogP contribution < -0.4 is 10.2 Å². The molecule has 8 heteroatoms. The first-order valence-electron chi connectivity index (χ1n) is 10.7. The summed E-state index contributed by atoms with van der Waals surface area (Å²) in [5, 5.41) is 12.4. The molecular formula is C27H17FN4O3. The number of aromatic nitrogens is 1. The summed E-state index contributed by atoms with van der Waals surface area (Å²) >= 11 is 0. The molecule has 1 aliphatic heterocycles. The number of carbonyl (C=O) groups is 3. The first-order chi connectivity index (χ1) is 17.0. The van der Waals surface area contributed by atoms with Crippen molar-refractivity contribution >= 4 is 40.5 Å². The highest BCUT2D eigenvalue weighted by Crippen LogP contribution is 2.27. The SMILES string of the molecule is N#Cc1ccccc1Cn1cc(/C=C2\C(=O)NC(=O)N(c3cccc(F)c3)C2=O)c2ccccc21. The lowest BCUT2D eigenvalue weighted by Crippen LogP contribution is -2.54. The molecule has 5 rings (SSSR count). The van der Waals surface area contributed by atoms with Crippen molar-refractivity contribution in [2.24, 2.45) is 0 Å². The number of anilines is 1. The van der Waals surface area contributed by atoms with Crippen molar-refractivity contribution in [2.45, 2.75) is 6.54 Å². The fraction of sp³-hybridized carbons (Fsp3) is 0.0370. The second-order valence-corrected chi connectivity index (χ2v) is 7.94. The van der Waals surface area contributed by atoms with Gasteiger partial charge in [-0.15, -0.1) is 0 Å². The third-order valence-electron chi connectivity index (χ3n) is 5.77. The Morgan fingerprint density at radius 1 is 0.971 bits per heavy atom. The van der Waals surface area contributed by atoms with Crippen LogP contribution in [-0.2, 0) is 16.1 Å². The van der Waals surface area contributed by atoms with Gasteiger partial charge in [-0.3, -0.25) is 14.9 Å². The van der Waals surface area contributed by atoms with Crippen LogP contribution >= 0.6 is 0 Å². The van der Waals surface area contributed by atoms with Crippen LogP contribution in [0.1, 0.15) is 16.7 Å². The molecule has 1 saturated heterocycles. The Morgan fingerprint density at radius 2 is 1.74 bits per heavy atom. The van der Waals surface area contributed by atoms with Crippen molar-refractivity contribution in [3.05, 3.63) is 107 Å². The Labute approximate surface area is 199 Å². The van der Waals surface area contributed by atoms with E-state index >= 15 is 0 Å². The van der Waals surface area contributed by atoms with Gasteiger partial charge in [0.1, 0.15) is 11.4 Å². The summed E-state index contributed by atoms with van der Waals surface area (Å²) in [7, 11) is 0. The number of halogens is 1. The van der Waals surface area contributed by atoms with E-state index < -0.39 is 23.7 Å². The van der Waals surface area contributed by atoms with E-state index in [1.165, 1.54) is 24.3 Å². The average Bonchev–Trinajstić information content (AvgIpc) is 3.19. The summed E-state index contributed by atoms with van der Waals surface area (Å²) in [5.74, 6) is -2.30. The minimum atomic E-state index is -0.946. The fourth-order valence-electron chi connectivity index (χ4n) is 4.13. The molecule has 1 aliphatic rings. The van der Waals surface area contributed by atoms with Crippen molar-refractivity contribution in [1.29, 1.82) is 5.26 Å². The summed E-state index contributed by atoms with van der Waals surface area (Å²) in [6, 6.07) is 21.0. The molecular weight excluding hydrogens is 447 g/mol. The van der Waals surface area contributed by atoms with Gasteiger partial charge in [0.15, 0.2) is 0 Å². The van der Waals surface area contributed by atoms with Crippen molar-refractivity contribution < 1.29 is 18.8 Å². The van der Waals surface area contributed by atoms with Gasteiger partial charge in [-0.2, -0.15) is 5.26 Å². The molecule has 7 nitrogen and oxygen atoms in total. The van der Waals surface area contributed by atoms with Crippen LogP contribution in [0.3, 0.4) is 0 Å². The van der Waals surface area contributed by atoms with E-state index in [2.05, 4.69) is 11.4 Å². The maximum Gasteiger partial charge on any atom is 0.335 e. The van der Waals surface area contributed by atoms with Crippen LogP contribution in [0.4, 0.5) is 14.9 Å². The topological polar surface area (TPSA) is 95.2 Å². The van der Waals surface area contributed by atoms with Gasteiger partial charge in [0, 0.05) is 29.2 Å². The zero-order valence-corrected chi connectivity index (χ0v) is 18.2. The van der Waals surface area contributed by atoms with E-state index in [-0.39, 0.29) is 11.3 Å². The van der Waals surface area contributed by atoms with Gasteiger partial charge in [-0.25, -0.2) is 14.1 Å². The van der Waals surface area contributed by atoms with Crippen LogP contribution in [0.25, 0.3) is 17.0 Å². The van der Waals surface area contributed by atoms with Crippen LogP contribution in [-0.4, -0.2) is 22.4 Å². The van der Waals surface area contributed by atoms with E-state index in [1.807, 2.05) is 41.0 Å². The van der Waals surface area contributed by atoms with Gasteiger partial charge >= 0.3 is 6.03 Å². The monoisotopic (exact) mass is 464 g/mol. The summed E-state index contributed by atoms with van der Waals surface area (Å²) in [6.07, 6.45) is 3.21. The molecule has 0 atom stereocenters. The fourth-order valence-corrected chi connectivity index (χ4v) is 4.13. The number of carbonyl (C=O) groups excluding carboxylic acids is 3. The number of fused-ring (bicyclic) bond motifs is 1. The van der Waals surface area contributed by atoms with Crippen molar-refractivity contribution in [3.8, 4) is 6.07 Å². The van der Waals surface area contributed by atoms with Gasteiger partial charge in [-0.1, -0.05) is 42.5 Å². The molecule has 0 spiro atoms. The highest BCUT2D eigenvalue weighted by Gasteiger charge is 2.37. The predicted octanol–water partition coefficient (Wildman–Crippen LogP) is 4.37. The molecule has 3 aromatic carbocycles. The molecule has 170 valence electrons. The Hall–Kier alpha value is -5.03. The summed E-state index contributed by atoms with van der Waals surface area (Å²) in [4.78, 5) is 38.9. The number of imide groups is 2. The maximum atomic E-state index is 13.7. The molecule has 4 aromatic rings. The molecule has 4 amide bonds. The quantitative estimate of drug-likeness (QED) is 0.358. The second kappa shape index (κ2) is 8.72. The van der Waals surface area contributed by atoms with E-state index in [4.69, 9.17) is 0 Å². The zero-order valence-electron chi connectivity index (χ0n) is 18.2. The third kappa shape index (κ3) is 3.96. The molecule has 1 N–H and O–H groups in total. The molecule has 1 fully saturated rings. The summed E-state index contributed by atoms with van der Waals surface area (Å²) < 4.78 is 15.7. The molecule has 35 heavy (non-hydrogen) atoms. The number of amides is 4. The molecule has 0 bridgehead atoms. The average molecular weight is 464 g/mol. The number of urea groups is 1. The van der Waals surface area contributed by atoms with Crippen molar-refractivity contribution in [3.63, 3.8) is 0 Å². The van der Waals surface area contributed by atoms with Gasteiger partial charge in [0.05, 0.1) is 17.3 Å². The zero-order chi connectivity index (χ0) is 24.5. The Balaban J connectivity index is 1.59. The molecule has 0 aliphatic carbocycles. The first-order valence-corrected chi connectivity index (χ1v) is 10.7. The number of nitrogens with one attached hydrogen (secondary N) is 1. The Bertz CT molecular complexity index is 1600. The van der Waals surface area contributed by atoms with Crippen LogP contribution in [0, 0.1) is 17.1 Å². The highest BCUT2D eigenvalue weighted by atomic mass is 19.1. The minimum Gasteiger partial charge on any atom is -0.342 e. The number of nitriles is 1. The molecule has 0 saturated carbocycles. The van der Waals surface area contributed by atoms with E-state index in [0.29, 0.717) is 17.7 Å². The minimum absolute atomic E-state index is 0.0152. The number of nitrogens with zero attached hydrogens (tertiary/aromatic N) is 3. The molecule has 1 aromatic heterocycles. The van der Waals surface area contributed by atoms with Gasteiger partial charge in [0.2, 0.25) is 0 Å². The second-order valence-electron chi connectivity index (χ2n) is 7.94. The number of benzene rings is 3. The summed E-state index contributed by atoms with van der Waals surface area (Å²) in [6.45, 7) is 0.404. The van der Waals surface area contributed by atoms with Gasteiger partial charge in [0.25, 0.3) is 11.8 Å². The Kier molecular flexibility index (Phi) is 5.43. The van der Waals surface area contributed by atoms with Crippen LogP contribution in [0.5, 0.6) is 0 Å². The van der Waals surface area contributed by atoms with E-state index in [0.717, 1.165) is 27.4 Å². The molecule has 2 heterocycles. The number of para-hydroxylation sites is 1. The van der Waals surface area contributed by atoms with Crippen LogP contribution in [0.15, 0.2) is 84.6 Å². The maximum absolute atomic E-state index is 13.7. The molecule has 0 unspecified atom stereocenters. The lowest BCUT2D eigenvalue weighted by molar-refractivity contribution is -0.122. The normalized spacial score (nSPS) is 14.9. The van der Waals surface area contributed by atoms with Crippen molar-refractivity contribution in [1.82, 2.24) is 9.88 Å². The molecule has 0 radical (unpaired) electrons. The lowest BCUT2D eigenvalue weighted by Gasteiger charge is -2.26. The number of rotatable bonds is 4. The predicted molar refractivity (Wildman–Crippen MR) is 128 cm³/mol. The largest absolute Gasteiger partial charge is 0.342 e. The van der Waals surface area contributed by atoms with Crippen molar-refractivity contribution in [2.75, 3.05) is 4.90 Å². The van der Waals surface area contributed by atoms with Crippen LogP contribution in [0.2, 0.25) is 0 Å². The number of hydrogen-bond acceptors (Lipinski definition) is 4. The van der Waals surface area contributed by atoms with E-state index in [9.17, 15) is 24.0 Å². The highest BCUT2D eigenvalue weighted by molar-refractivity contribution is 6.39.